The normalized spacial score (nSPS) is 22.8. The summed E-state index contributed by atoms with van der Waals surface area (Å²) in [6.07, 6.45) is 1.65. The van der Waals surface area contributed by atoms with Crippen molar-refractivity contribution in [2.75, 3.05) is 39.3 Å². The van der Waals surface area contributed by atoms with E-state index in [0.717, 1.165) is 39.3 Å². The molecule has 0 aromatic carbocycles. The predicted octanol–water partition coefficient (Wildman–Crippen LogP) is 0.707. The lowest BCUT2D eigenvalue weighted by Gasteiger charge is -2.19. The predicted molar refractivity (Wildman–Crippen MR) is 55.0 cm³/mol. The Labute approximate surface area is 81.4 Å². The van der Waals surface area contributed by atoms with Crippen LogP contribution in [0.1, 0.15) is 20.3 Å². The molecule has 0 radical (unpaired) electrons. The van der Waals surface area contributed by atoms with Crippen LogP contribution in [0, 0.1) is 0 Å². The van der Waals surface area contributed by atoms with Crippen LogP contribution in [0.4, 0.5) is 0 Å². The van der Waals surface area contributed by atoms with Crippen LogP contribution in [0.15, 0.2) is 0 Å². The lowest BCUT2D eigenvalue weighted by Crippen LogP contribution is -2.29. The van der Waals surface area contributed by atoms with E-state index >= 15 is 0 Å². The minimum atomic E-state index is 0.468. The molecule has 0 saturated carbocycles. The molecule has 0 aliphatic carbocycles. The molecule has 1 aliphatic heterocycles. The molecule has 0 spiro atoms. The van der Waals surface area contributed by atoms with Crippen LogP contribution in [0.2, 0.25) is 0 Å². The Balaban J connectivity index is 1.98. The maximum absolute atomic E-state index is 5.73. The highest BCUT2D eigenvalue weighted by Crippen LogP contribution is 2.02. The van der Waals surface area contributed by atoms with Gasteiger partial charge in [-0.2, -0.15) is 0 Å². The molecule has 1 heterocycles. The third-order valence-corrected chi connectivity index (χ3v) is 2.67. The second-order valence-corrected chi connectivity index (χ2v) is 3.51. The third-order valence-electron chi connectivity index (χ3n) is 2.67. The summed E-state index contributed by atoms with van der Waals surface area (Å²) in [5, 5.41) is 3.30. The summed E-state index contributed by atoms with van der Waals surface area (Å²) in [6.45, 7) is 10.8. The highest BCUT2D eigenvalue weighted by atomic mass is 16.5. The Morgan fingerprint density at radius 3 is 2.69 bits per heavy atom. The molecule has 1 saturated heterocycles. The van der Waals surface area contributed by atoms with Crippen molar-refractivity contribution in [3.8, 4) is 0 Å². The van der Waals surface area contributed by atoms with Crippen molar-refractivity contribution < 1.29 is 4.74 Å². The van der Waals surface area contributed by atoms with Gasteiger partial charge in [-0.05, 0) is 26.1 Å². The average molecular weight is 186 g/mol. The van der Waals surface area contributed by atoms with Crippen molar-refractivity contribution in [3.05, 3.63) is 0 Å². The first-order valence-corrected chi connectivity index (χ1v) is 5.41. The monoisotopic (exact) mass is 186 g/mol. The fraction of sp³-hybridized carbons (Fsp3) is 1.00. The number of nitrogens with one attached hydrogen (secondary N) is 1. The summed E-state index contributed by atoms with van der Waals surface area (Å²) < 4.78 is 5.73. The molecule has 1 atom stereocenters. The summed E-state index contributed by atoms with van der Waals surface area (Å²) in [5.74, 6) is 0. The highest BCUT2D eigenvalue weighted by molar-refractivity contribution is 4.70. The van der Waals surface area contributed by atoms with E-state index in [1.165, 1.54) is 6.42 Å². The van der Waals surface area contributed by atoms with Crippen LogP contribution in [0.25, 0.3) is 0 Å². The van der Waals surface area contributed by atoms with Gasteiger partial charge in [0.15, 0.2) is 0 Å². The quantitative estimate of drug-likeness (QED) is 0.661. The summed E-state index contributed by atoms with van der Waals surface area (Å²) in [4.78, 5) is 2.39. The van der Waals surface area contributed by atoms with E-state index < -0.39 is 0 Å². The van der Waals surface area contributed by atoms with Crippen LogP contribution < -0.4 is 5.32 Å². The number of hydrogen-bond donors (Lipinski definition) is 1. The van der Waals surface area contributed by atoms with Crippen LogP contribution in [0.3, 0.4) is 0 Å². The molecule has 1 N–H and O–H groups in total. The third kappa shape index (κ3) is 4.07. The van der Waals surface area contributed by atoms with Gasteiger partial charge in [0, 0.05) is 13.1 Å². The summed E-state index contributed by atoms with van der Waals surface area (Å²) in [6, 6.07) is 0. The fourth-order valence-corrected chi connectivity index (χ4v) is 1.66. The van der Waals surface area contributed by atoms with Gasteiger partial charge in [-0.1, -0.05) is 13.8 Å². The Morgan fingerprint density at radius 2 is 2.15 bits per heavy atom. The average Bonchev–Trinajstić information content (AvgIpc) is 2.65. The van der Waals surface area contributed by atoms with E-state index in [1.807, 2.05) is 0 Å². The van der Waals surface area contributed by atoms with Gasteiger partial charge >= 0.3 is 0 Å². The minimum absolute atomic E-state index is 0.468. The molecular formula is C10H22N2O. The molecule has 0 amide bonds. The van der Waals surface area contributed by atoms with Crippen molar-refractivity contribution >= 4 is 0 Å². The van der Waals surface area contributed by atoms with E-state index in [4.69, 9.17) is 4.74 Å². The lowest BCUT2D eigenvalue weighted by atomic mass is 10.3. The molecular weight excluding hydrogens is 164 g/mol. The number of nitrogens with zero attached hydrogens (tertiary/aromatic N) is 1. The van der Waals surface area contributed by atoms with Crippen molar-refractivity contribution in [2.45, 2.75) is 26.4 Å². The molecule has 0 bridgehead atoms. The Bertz CT molecular complexity index is 118. The van der Waals surface area contributed by atoms with E-state index in [0.29, 0.717) is 6.10 Å². The molecule has 3 heteroatoms. The summed E-state index contributed by atoms with van der Waals surface area (Å²) >= 11 is 0. The second kappa shape index (κ2) is 6.35. The van der Waals surface area contributed by atoms with Crippen LogP contribution in [-0.2, 0) is 4.74 Å². The van der Waals surface area contributed by atoms with Gasteiger partial charge in [-0.15, -0.1) is 0 Å². The number of ether oxygens (including phenoxy) is 1. The molecule has 78 valence electrons. The number of likely N-dealkylation sites (N-methyl/N-ethyl adjacent to an activating group) is 1. The fourth-order valence-electron chi connectivity index (χ4n) is 1.66. The molecule has 0 aromatic rings. The number of rotatable bonds is 6. The Morgan fingerprint density at radius 1 is 1.38 bits per heavy atom. The van der Waals surface area contributed by atoms with Gasteiger partial charge in [0.1, 0.15) is 0 Å². The van der Waals surface area contributed by atoms with E-state index in [9.17, 15) is 0 Å². The van der Waals surface area contributed by atoms with Crippen LogP contribution >= 0.6 is 0 Å². The summed E-state index contributed by atoms with van der Waals surface area (Å²) in [5.41, 5.74) is 0. The van der Waals surface area contributed by atoms with Gasteiger partial charge in [-0.25, -0.2) is 0 Å². The zero-order valence-corrected chi connectivity index (χ0v) is 8.88. The van der Waals surface area contributed by atoms with E-state index in [-0.39, 0.29) is 0 Å². The van der Waals surface area contributed by atoms with E-state index in [1.54, 1.807) is 0 Å². The molecule has 3 nitrogen and oxygen atoms in total. The Hall–Kier alpha value is -0.120. The van der Waals surface area contributed by atoms with Crippen molar-refractivity contribution in [2.24, 2.45) is 0 Å². The topological polar surface area (TPSA) is 24.5 Å². The van der Waals surface area contributed by atoms with Crippen molar-refractivity contribution in [1.82, 2.24) is 10.2 Å². The minimum Gasteiger partial charge on any atom is -0.376 e. The zero-order chi connectivity index (χ0) is 9.52. The van der Waals surface area contributed by atoms with Crippen molar-refractivity contribution in [3.63, 3.8) is 0 Å². The molecule has 1 fully saturated rings. The molecule has 1 rings (SSSR count). The Kier molecular flexibility index (Phi) is 5.35. The van der Waals surface area contributed by atoms with Gasteiger partial charge < -0.3 is 15.0 Å². The first-order chi connectivity index (χ1) is 6.36. The van der Waals surface area contributed by atoms with E-state index in [2.05, 4.69) is 24.1 Å². The standard InChI is InChI=1S/C10H22N2O/c1-3-12(4-2)7-8-13-10-5-6-11-9-10/h10-11H,3-9H2,1-2H3. The molecule has 0 aromatic heterocycles. The SMILES string of the molecule is CCN(CC)CCOC1CCNC1. The number of hydrogen-bond acceptors (Lipinski definition) is 3. The van der Waals surface area contributed by atoms with Crippen LogP contribution in [0.5, 0.6) is 0 Å². The van der Waals surface area contributed by atoms with Crippen LogP contribution in [-0.4, -0.2) is 50.3 Å². The van der Waals surface area contributed by atoms with Gasteiger partial charge in [0.2, 0.25) is 0 Å². The first-order valence-electron chi connectivity index (χ1n) is 5.41. The second-order valence-electron chi connectivity index (χ2n) is 3.51. The lowest BCUT2D eigenvalue weighted by molar-refractivity contribution is 0.0510. The largest absolute Gasteiger partial charge is 0.376 e. The summed E-state index contributed by atoms with van der Waals surface area (Å²) in [7, 11) is 0. The zero-order valence-electron chi connectivity index (χ0n) is 8.88. The molecule has 13 heavy (non-hydrogen) atoms. The maximum Gasteiger partial charge on any atom is 0.0712 e. The highest BCUT2D eigenvalue weighted by Gasteiger charge is 2.14. The van der Waals surface area contributed by atoms with Gasteiger partial charge in [0.25, 0.3) is 0 Å². The molecule has 1 unspecified atom stereocenters. The smallest absolute Gasteiger partial charge is 0.0712 e. The van der Waals surface area contributed by atoms with Gasteiger partial charge in [0.05, 0.1) is 12.7 Å². The maximum atomic E-state index is 5.73. The molecule has 1 aliphatic rings. The van der Waals surface area contributed by atoms with Crippen molar-refractivity contribution in [1.29, 1.82) is 0 Å². The van der Waals surface area contributed by atoms with Gasteiger partial charge in [-0.3, -0.25) is 0 Å². The first kappa shape index (κ1) is 11.0.